The first-order valence-electron chi connectivity index (χ1n) is 5.74. The van der Waals surface area contributed by atoms with Crippen LogP contribution in [0.5, 0.6) is 5.75 Å². The fraction of sp³-hybridized carbons (Fsp3) is 0.308. The highest BCUT2D eigenvalue weighted by Gasteiger charge is 2.11. The molecule has 4 heteroatoms. The number of para-hydroxylation sites is 2. The van der Waals surface area contributed by atoms with Crippen molar-refractivity contribution in [2.45, 2.75) is 19.9 Å². The third-order valence-corrected chi connectivity index (χ3v) is 2.56. The van der Waals surface area contributed by atoms with E-state index in [0.717, 1.165) is 17.1 Å². The topological polar surface area (TPSA) is 53.1 Å². The van der Waals surface area contributed by atoms with E-state index >= 15 is 0 Å². The zero-order valence-corrected chi connectivity index (χ0v) is 10.1. The van der Waals surface area contributed by atoms with Crippen molar-refractivity contribution in [2.75, 3.05) is 6.61 Å². The molecule has 4 nitrogen and oxygen atoms in total. The second-order valence-corrected chi connectivity index (χ2v) is 3.88. The summed E-state index contributed by atoms with van der Waals surface area (Å²) in [5.41, 5.74) is 7.86. The van der Waals surface area contributed by atoms with Crippen LogP contribution >= 0.6 is 0 Å². The van der Waals surface area contributed by atoms with Crippen molar-refractivity contribution >= 4 is 0 Å². The normalized spacial score (nSPS) is 12.4. The predicted octanol–water partition coefficient (Wildman–Crippen LogP) is 2.29. The SMILES string of the molecule is CCOc1ccccc1-n1cncc1[C@@H](C)N. The highest BCUT2D eigenvalue weighted by molar-refractivity contribution is 5.47. The van der Waals surface area contributed by atoms with Gasteiger partial charge in [0.05, 0.1) is 30.5 Å². The van der Waals surface area contributed by atoms with E-state index in [1.165, 1.54) is 0 Å². The van der Waals surface area contributed by atoms with Crippen molar-refractivity contribution in [2.24, 2.45) is 5.73 Å². The zero-order chi connectivity index (χ0) is 12.3. The van der Waals surface area contributed by atoms with Gasteiger partial charge in [-0.05, 0) is 26.0 Å². The van der Waals surface area contributed by atoms with Crippen LogP contribution < -0.4 is 10.5 Å². The summed E-state index contributed by atoms with van der Waals surface area (Å²) in [7, 11) is 0. The third kappa shape index (κ3) is 2.31. The molecule has 2 aromatic rings. The molecular weight excluding hydrogens is 214 g/mol. The van der Waals surface area contributed by atoms with Crippen molar-refractivity contribution in [1.29, 1.82) is 0 Å². The highest BCUT2D eigenvalue weighted by Crippen LogP contribution is 2.25. The van der Waals surface area contributed by atoms with E-state index in [1.807, 2.05) is 42.7 Å². The lowest BCUT2D eigenvalue weighted by molar-refractivity contribution is 0.339. The molecule has 0 unspecified atom stereocenters. The van der Waals surface area contributed by atoms with E-state index in [-0.39, 0.29) is 6.04 Å². The number of hydrogen-bond donors (Lipinski definition) is 1. The van der Waals surface area contributed by atoms with Gasteiger partial charge in [0, 0.05) is 6.04 Å². The van der Waals surface area contributed by atoms with Crippen molar-refractivity contribution in [3.63, 3.8) is 0 Å². The van der Waals surface area contributed by atoms with Gasteiger partial charge in [0.25, 0.3) is 0 Å². The molecule has 0 saturated heterocycles. The summed E-state index contributed by atoms with van der Waals surface area (Å²) in [6.07, 6.45) is 3.55. The van der Waals surface area contributed by atoms with Crippen molar-refractivity contribution in [3.8, 4) is 11.4 Å². The smallest absolute Gasteiger partial charge is 0.143 e. The van der Waals surface area contributed by atoms with Gasteiger partial charge in [-0.1, -0.05) is 12.1 Å². The van der Waals surface area contributed by atoms with Crippen LogP contribution in [0.1, 0.15) is 25.6 Å². The van der Waals surface area contributed by atoms with Gasteiger partial charge in [0.15, 0.2) is 0 Å². The first-order chi connectivity index (χ1) is 8.24. The van der Waals surface area contributed by atoms with Crippen LogP contribution in [0, 0.1) is 0 Å². The molecule has 2 rings (SSSR count). The average molecular weight is 231 g/mol. The number of ether oxygens (including phenoxy) is 1. The number of imidazole rings is 1. The average Bonchev–Trinajstić information content (AvgIpc) is 2.79. The van der Waals surface area contributed by atoms with Crippen LogP contribution in [0.25, 0.3) is 5.69 Å². The summed E-state index contributed by atoms with van der Waals surface area (Å²) in [6.45, 7) is 4.55. The minimum absolute atomic E-state index is 0.0628. The lowest BCUT2D eigenvalue weighted by Crippen LogP contribution is -2.11. The maximum Gasteiger partial charge on any atom is 0.143 e. The third-order valence-electron chi connectivity index (χ3n) is 2.56. The Bertz CT molecular complexity index is 491. The maximum atomic E-state index is 5.92. The number of hydrogen-bond acceptors (Lipinski definition) is 3. The minimum Gasteiger partial charge on any atom is -0.492 e. The van der Waals surface area contributed by atoms with Gasteiger partial charge in [-0.25, -0.2) is 4.98 Å². The number of nitrogens with zero attached hydrogens (tertiary/aromatic N) is 2. The van der Waals surface area contributed by atoms with Crippen LogP contribution in [-0.4, -0.2) is 16.2 Å². The Morgan fingerprint density at radius 2 is 2.18 bits per heavy atom. The van der Waals surface area contributed by atoms with Crippen LogP contribution in [-0.2, 0) is 0 Å². The zero-order valence-electron chi connectivity index (χ0n) is 10.1. The second kappa shape index (κ2) is 5.01. The summed E-state index contributed by atoms with van der Waals surface area (Å²) >= 11 is 0. The molecule has 0 amide bonds. The van der Waals surface area contributed by atoms with E-state index in [9.17, 15) is 0 Å². The molecule has 1 aromatic carbocycles. The molecule has 1 aromatic heterocycles. The maximum absolute atomic E-state index is 5.92. The standard InChI is InChI=1S/C13H17N3O/c1-3-17-13-7-5-4-6-11(13)16-9-15-8-12(16)10(2)14/h4-10H,3,14H2,1-2H3/t10-/m1/s1. The summed E-state index contributed by atoms with van der Waals surface area (Å²) < 4.78 is 7.57. The monoisotopic (exact) mass is 231 g/mol. The predicted molar refractivity (Wildman–Crippen MR) is 67.3 cm³/mol. The number of benzene rings is 1. The molecule has 90 valence electrons. The molecule has 0 spiro atoms. The van der Waals surface area contributed by atoms with Crippen LogP contribution in [0.4, 0.5) is 0 Å². The first-order valence-corrected chi connectivity index (χ1v) is 5.74. The molecule has 0 aliphatic heterocycles. The van der Waals surface area contributed by atoms with Crippen molar-refractivity contribution in [3.05, 3.63) is 42.5 Å². The second-order valence-electron chi connectivity index (χ2n) is 3.88. The van der Waals surface area contributed by atoms with Gasteiger partial charge in [-0.15, -0.1) is 0 Å². The van der Waals surface area contributed by atoms with E-state index in [1.54, 1.807) is 12.5 Å². The fourth-order valence-corrected chi connectivity index (χ4v) is 1.78. The Balaban J connectivity index is 2.48. The van der Waals surface area contributed by atoms with Crippen LogP contribution in [0.2, 0.25) is 0 Å². The Morgan fingerprint density at radius 3 is 2.88 bits per heavy atom. The van der Waals surface area contributed by atoms with Crippen LogP contribution in [0.15, 0.2) is 36.8 Å². The molecule has 2 N–H and O–H groups in total. The molecule has 0 bridgehead atoms. The van der Waals surface area contributed by atoms with E-state index in [2.05, 4.69) is 4.98 Å². The number of rotatable bonds is 4. The Kier molecular flexibility index (Phi) is 3.44. The first kappa shape index (κ1) is 11.7. The number of nitrogens with two attached hydrogens (primary N) is 1. The molecule has 0 aliphatic rings. The summed E-state index contributed by atoms with van der Waals surface area (Å²) in [5.74, 6) is 0.843. The Labute approximate surface area is 101 Å². The van der Waals surface area contributed by atoms with Gasteiger partial charge >= 0.3 is 0 Å². The van der Waals surface area contributed by atoms with Gasteiger partial charge in [-0.3, -0.25) is 4.57 Å². The molecule has 0 aliphatic carbocycles. The molecule has 1 atom stereocenters. The molecule has 0 radical (unpaired) electrons. The lowest BCUT2D eigenvalue weighted by Gasteiger charge is -2.14. The quantitative estimate of drug-likeness (QED) is 0.878. The van der Waals surface area contributed by atoms with E-state index < -0.39 is 0 Å². The van der Waals surface area contributed by atoms with Crippen LogP contribution in [0.3, 0.4) is 0 Å². The Morgan fingerprint density at radius 1 is 1.41 bits per heavy atom. The highest BCUT2D eigenvalue weighted by atomic mass is 16.5. The van der Waals surface area contributed by atoms with E-state index in [4.69, 9.17) is 10.5 Å². The summed E-state index contributed by atoms with van der Waals surface area (Å²) in [6, 6.07) is 7.81. The molecule has 1 heterocycles. The van der Waals surface area contributed by atoms with Gasteiger partial charge in [0.1, 0.15) is 5.75 Å². The van der Waals surface area contributed by atoms with Gasteiger partial charge in [0.2, 0.25) is 0 Å². The lowest BCUT2D eigenvalue weighted by atomic mass is 10.2. The van der Waals surface area contributed by atoms with E-state index in [0.29, 0.717) is 6.61 Å². The molecule has 17 heavy (non-hydrogen) atoms. The summed E-state index contributed by atoms with van der Waals surface area (Å²) in [4.78, 5) is 4.15. The minimum atomic E-state index is -0.0628. The van der Waals surface area contributed by atoms with Crippen molar-refractivity contribution < 1.29 is 4.74 Å². The summed E-state index contributed by atoms with van der Waals surface area (Å²) in [5, 5.41) is 0. The number of aromatic nitrogens is 2. The van der Waals surface area contributed by atoms with Gasteiger partial charge < -0.3 is 10.5 Å². The van der Waals surface area contributed by atoms with Crippen molar-refractivity contribution in [1.82, 2.24) is 9.55 Å². The van der Waals surface area contributed by atoms with Gasteiger partial charge in [-0.2, -0.15) is 0 Å². The largest absolute Gasteiger partial charge is 0.492 e. The fourth-order valence-electron chi connectivity index (χ4n) is 1.78. The molecule has 0 saturated carbocycles. The molecular formula is C13H17N3O. The Hall–Kier alpha value is -1.81. The molecule has 0 fully saturated rings.